The largest absolute Gasteiger partial charge is 0.450 e. The number of hydrogen-bond donors (Lipinski definition) is 2. The molecular formula is C22H44IN5O2. The van der Waals surface area contributed by atoms with Gasteiger partial charge in [-0.05, 0) is 64.3 Å². The molecule has 2 N–H and O–H groups in total. The highest BCUT2D eigenvalue weighted by atomic mass is 127. The summed E-state index contributed by atoms with van der Waals surface area (Å²) in [5.41, 5.74) is 0. The van der Waals surface area contributed by atoms with Crippen molar-refractivity contribution >= 4 is 36.0 Å². The summed E-state index contributed by atoms with van der Waals surface area (Å²) in [5.74, 6) is 2.57. The second kappa shape index (κ2) is 15.1. The number of unbranched alkanes of at least 4 members (excludes halogenated alkanes) is 1. The van der Waals surface area contributed by atoms with E-state index < -0.39 is 0 Å². The zero-order valence-electron chi connectivity index (χ0n) is 19.5. The van der Waals surface area contributed by atoms with Gasteiger partial charge in [-0.3, -0.25) is 4.99 Å². The molecule has 8 heteroatoms. The van der Waals surface area contributed by atoms with Crippen LogP contribution < -0.4 is 10.6 Å². The van der Waals surface area contributed by atoms with Crippen molar-refractivity contribution in [3.8, 4) is 0 Å². The van der Waals surface area contributed by atoms with Crippen molar-refractivity contribution in [2.75, 3.05) is 52.4 Å². The highest BCUT2D eigenvalue weighted by Gasteiger charge is 2.24. The molecule has 1 amide bonds. The Bertz CT molecular complexity index is 502. The molecule has 2 aliphatic rings. The average molecular weight is 538 g/mol. The van der Waals surface area contributed by atoms with Crippen LogP contribution in [0.1, 0.15) is 59.8 Å². The van der Waals surface area contributed by atoms with E-state index in [1.165, 1.54) is 32.5 Å². The van der Waals surface area contributed by atoms with E-state index in [4.69, 9.17) is 9.73 Å². The predicted molar refractivity (Wildman–Crippen MR) is 135 cm³/mol. The monoisotopic (exact) mass is 537 g/mol. The van der Waals surface area contributed by atoms with Crippen LogP contribution in [0.5, 0.6) is 0 Å². The number of amides is 1. The summed E-state index contributed by atoms with van der Waals surface area (Å²) < 4.78 is 5.09. The molecule has 2 saturated heterocycles. The van der Waals surface area contributed by atoms with Crippen molar-refractivity contribution in [1.29, 1.82) is 0 Å². The van der Waals surface area contributed by atoms with Crippen LogP contribution in [0.15, 0.2) is 4.99 Å². The van der Waals surface area contributed by atoms with Gasteiger partial charge in [-0.1, -0.05) is 13.8 Å². The number of ether oxygens (including phenoxy) is 1. The standard InChI is InChI=1S/C22H43N5O2.HI/c1-5-23-21(25-20-9-13-27(14-10-20)22(28)29-6-2)24-11-7-8-12-26-16-18(3)15-19(4)17-26;/h18-20H,5-17H2,1-4H3,(H2,23,24,25);1H. The number of piperidine rings is 2. The number of carbonyl (C=O) groups excluding carboxylic acids is 1. The van der Waals surface area contributed by atoms with Gasteiger partial charge in [-0.25, -0.2) is 4.79 Å². The van der Waals surface area contributed by atoms with E-state index in [1.807, 2.05) is 6.92 Å². The Labute approximate surface area is 200 Å². The predicted octanol–water partition coefficient (Wildman–Crippen LogP) is 3.54. The Morgan fingerprint density at radius 2 is 1.77 bits per heavy atom. The number of nitrogens with zero attached hydrogens (tertiary/aromatic N) is 3. The maximum absolute atomic E-state index is 11.8. The van der Waals surface area contributed by atoms with Crippen LogP contribution in [0.25, 0.3) is 0 Å². The van der Waals surface area contributed by atoms with E-state index in [9.17, 15) is 4.79 Å². The van der Waals surface area contributed by atoms with E-state index in [0.717, 1.165) is 63.2 Å². The fourth-order valence-electron chi connectivity index (χ4n) is 4.55. The van der Waals surface area contributed by atoms with E-state index in [-0.39, 0.29) is 30.1 Å². The number of nitrogens with one attached hydrogen (secondary N) is 2. The van der Waals surface area contributed by atoms with E-state index in [2.05, 4.69) is 36.3 Å². The number of likely N-dealkylation sites (tertiary alicyclic amines) is 2. The Kier molecular flexibility index (Phi) is 13.7. The molecule has 0 aromatic heterocycles. The third-order valence-corrected chi connectivity index (χ3v) is 5.80. The highest BCUT2D eigenvalue weighted by Crippen LogP contribution is 2.21. The van der Waals surface area contributed by atoms with Crippen LogP contribution in [0.3, 0.4) is 0 Å². The molecule has 0 bridgehead atoms. The van der Waals surface area contributed by atoms with E-state index >= 15 is 0 Å². The van der Waals surface area contributed by atoms with Gasteiger partial charge in [0, 0.05) is 45.3 Å². The summed E-state index contributed by atoms with van der Waals surface area (Å²) in [6.45, 7) is 16.0. The molecule has 0 saturated carbocycles. The lowest BCUT2D eigenvalue weighted by atomic mass is 9.92. The Morgan fingerprint density at radius 3 is 2.37 bits per heavy atom. The first-order chi connectivity index (χ1) is 14.0. The number of halogens is 1. The first-order valence-electron chi connectivity index (χ1n) is 11.7. The van der Waals surface area contributed by atoms with Gasteiger partial charge in [0.1, 0.15) is 0 Å². The van der Waals surface area contributed by atoms with Gasteiger partial charge in [-0.15, -0.1) is 24.0 Å². The summed E-state index contributed by atoms with van der Waals surface area (Å²) in [7, 11) is 0. The molecule has 2 fully saturated rings. The molecule has 0 aromatic carbocycles. The summed E-state index contributed by atoms with van der Waals surface area (Å²) in [4.78, 5) is 21.0. The lowest BCUT2D eigenvalue weighted by Gasteiger charge is -2.34. The van der Waals surface area contributed by atoms with Crippen molar-refractivity contribution in [1.82, 2.24) is 20.4 Å². The van der Waals surface area contributed by atoms with Crippen LogP contribution in [0.2, 0.25) is 0 Å². The fraction of sp³-hybridized carbons (Fsp3) is 0.909. The van der Waals surface area contributed by atoms with Gasteiger partial charge in [0.15, 0.2) is 5.96 Å². The van der Waals surface area contributed by atoms with E-state index in [0.29, 0.717) is 12.6 Å². The van der Waals surface area contributed by atoms with E-state index in [1.54, 1.807) is 4.90 Å². The lowest BCUT2D eigenvalue weighted by Crippen LogP contribution is -2.49. The molecule has 0 aliphatic carbocycles. The molecule has 0 spiro atoms. The number of rotatable bonds is 8. The number of carbonyl (C=O) groups is 1. The maximum Gasteiger partial charge on any atom is 0.409 e. The third-order valence-electron chi connectivity index (χ3n) is 5.80. The second-order valence-electron chi connectivity index (χ2n) is 8.78. The zero-order valence-corrected chi connectivity index (χ0v) is 21.8. The summed E-state index contributed by atoms with van der Waals surface area (Å²) in [6, 6.07) is 0.356. The molecule has 2 aliphatic heterocycles. The molecule has 7 nitrogen and oxygen atoms in total. The first-order valence-corrected chi connectivity index (χ1v) is 11.7. The minimum absolute atomic E-state index is 0. The normalized spacial score (nSPS) is 23.6. The van der Waals surface area contributed by atoms with Crippen molar-refractivity contribution < 1.29 is 9.53 Å². The summed E-state index contributed by atoms with van der Waals surface area (Å²) >= 11 is 0. The molecule has 2 rings (SSSR count). The van der Waals surface area contributed by atoms with Crippen LogP contribution >= 0.6 is 24.0 Å². The Hall–Kier alpha value is -0.770. The van der Waals surface area contributed by atoms with Crippen molar-refractivity contribution in [2.24, 2.45) is 16.8 Å². The molecule has 2 unspecified atom stereocenters. The third kappa shape index (κ3) is 10.0. The first kappa shape index (κ1) is 27.3. The minimum atomic E-state index is -0.191. The second-order valence-corrected chi connectivity index (χ2v) is 8.78. The Balaban J connectivity index is 0.00000450. The Morgan fingerprint density at radius 1 is 1.10 bits per heavy atom. The molecule has 0 radical (unpaired) electrons. The fourth-order valence-corrected chi connectivity index (χ4v) is 4.55. The molecule has 2 heterocycles. The highest BCUT2D eigenvalue weighted by molar-refractivity contribution is 14.0. The van der Waals surface area contributed by atoms with Gasteiger partial charge in [0.25, 0.3) is 0 Å². The van der Waals surface area contributed by atoms with Gasteiger partial charge < -0.3 is 25.2 Å². The molecular weight excluding hydrogens is 493 g/mol. The molecule has 176 valence electrons. The van der Waals surface area contributed by atoms with Crippen LogP contribution in [-0.4, -0.2) is 80.3 Å². The average Bonchev–Trinajstić information content (AvgIpc) is 2.68. The van der Waals surface area contributed by atoms with Gasteiger partial charge in [-0.2, -0.15) is 0 Å². The zero-order chi connectivity index (χ0) is 21.1. The smallest absolute Gasteiger partial charge is 0.409 e. The van der Waals surface area contributed by atoms with Gasteiger partial charge in [0.2, 0.25) is 0 Å². The van der Waals surface area contributed by atoms with Gasteiger partial charge in [0.05, 0.1) is 6.61 Å². The molecule has 2 atom stereocenters. The van der Waals surface area contributed by atoms with Crippen molar-refractivity contribution in [3.63, 3.8) is 0 Å². The summed E-state index contributed by atoms with van der Waals surface area (Å²) in [6.07, 6.45) is 5.36. The number of guanidine groups is 1. The van der Waals surface area contributed by atoms with Crippen LogP contribution in [0, 0.1) is 11.8 Å². The van der Waals surface area contributed by atoms with Crippen LogP contribution in [0.4, 0.5) is 4.79 Å². The maximum atomic E-state index is 11.8. The van der Waals surface area contributed by atoms with Crippen molar-refractivity contribution in [3.05, 3.63) is 0 Å². The van der Waals surface area contributed by atoms with Crippen LogP contribution in [-0.2, 0) is 4.74 Å². The van der Waals surface area contributed by atoms with Crippen molar-refractivity contribution in [2.45, 2.75) is 65.8 Å². The van der Waals surface area contributed by atoms with Gasteiger partial charge >= 0.3 is 6.09 Å². The number of aliphatic imine (C=N–C) groups is 1. The minimum Gasteiger partial charge on any atom is -0.450 e. The molecule has 30 heavy (non-hydrogen) atoms. The quantitative estimate of drug-likeness (QED) is 0.215. The lowest BCUT2D eigenvalue weighted by molar-refractivity contribution is 0.0963. The summed E-state index contributed by atoms with van der Waals surface area (Å²) in [5, 5.41) is 6.91. The molecule has 0 aromatic rings. The SMILES string of the molecule is CCNC(=NCCCCN1CC(C)CC(C)C1)NC1CCN(C(=O)OCC)CC1.I. The number of hydrogen-bond acceptors (Lipinski definition) is 4. The topological polar surface area (TPSA) is 69.2 Å².